The molecule has 1 aromatic carbocycles. The molecule has 2 atom stereocenters. The summed E-state index contributed by atoms with van der Waals surface area (Å²) in [6.07, 6.45) is 4.73. The summed E-state index contributed by atoms with van der Waals surface area (Å²) >= 11 is 0. The molecule has 0 radical (unpaired) electrons. The normalized spacial score (nSPS) is 27.9. The van der Waals surface area contributed by atoms with Gasteiger partial charge < -0.3 is 10.6 Å². The van der Waals surface area contributed by atoms with E-state index in [0.29, 0.717) is 30.4 Å². The number of fused-ring (bicyclic) bond motifs is 2. The molecule has 2 bridgehead atoms. The summed E-state index contributed by atoms with van der Waals surface area (Å²) in [6, 6.07) is 7.69. The molecular weight excluding hydrogens is 269 g/mol. The van der Waals surface area contributed by atoms with E-state index in [2.05, 4.69) is 15.5 Å². The maximum Gasteiger partial charge on any atom is 0.238 e. The van der Waals surface area contributed by atoms with E-state index in [9.17, 15) is 9.18 Å². The molecule has 1 aromatic rings. The third-order valence-electron chi connectivity index (χ3n) is 4.57. The first-order chi connectivity index (χ1) is 10.1. The van der Waals surface area contributed by atoms with Gasteiger partial charge in [0.05, 0.1) is 6.54 Å². The molecule has 4 nitrogen and oxygen atoms in total. The Bertz CT molecular complexity index is 510. The standard InChI is InChI=1S/C16H22FN3O/c1-20(15-8-13-5-6-14(9-15)18-13)10-16(21)19-12-4-2-3-11(17)7-12/h2-4,7,13-15,18H,5-6,8-10H2,1H3,(H,19,21). The lowest BCUT2D eigenvalue weighted by atomic mass is 9.98. The fourth-order valence-corrected chi connectivity index (χ4v) is 3.51. The molecule has 2 unspecified atom stereocenters. The third-order valence-corrected chi connectivity index (χ3v) is 4.57. The number of carbonyl (C=O) groups excluding carboxylic acids is 1. The summed E-state index contributed by atoms with van der Waals surface area (Å²) in [6.45, 7) is 0.348. The van der Waals surface area contributed by atoms with Crippen LogP contribution in [-0.2, 0) is 4.79 Å². The zero-order valence-corrected chi connectivity index (χ0v) is 12.3. The number of nitrogens with one attached hydrogen (secondary N) is 2. The number of nitrogens with zero attached hydrogens (tertiary/aromatic N) is 1. The molecule has 21 heavy (non-hydrogen) atoms. The highest BCUT2D eigenvalue weighted by atomic mass is 19.1. The van der Waals surface area contributed by atoms with Gasteiger partial charge in [-0.25, -0.2) is 4.39 Å². The number of hydrogen-bond acceptors (Lipinski definition) is 3. The van der Waals surface area contributed by atoms with Crippen molar-refractivity contribution in [2.45, 2.75) is 43.8 Å². The van der Waals surface area contributed by atoms with Crippen molar-refractivity contribution < 1.29 is 9.18 Å². The predicted molar refractivity (Wildman–Crippen MR) is 80.6 cm³/mol. The van der Waals surface area contributed by atoms with Gasteiger partial charge in [-0.2, -0.15) is 0 Å². The van der Waals surface area contributed by atoms with Crippen molar-refractivity contribution in [2.75, 3.05) is 18.9 Å². The van der Waals surface area contributed by atoms with Crippen molar-refractivity contribution in [1.29, 1.82) is 0 Å². The number of carbonyl (C=O) groups is 1. The Kier molecular flexibility index (Phi) is 4.22. The minimum atomic E-state index is -0.337. The van der Waals surface area contributed by atoms with Gasteiger partial charge in [-0.1, -0.05) is 6.07 Å². The van der Waals surface area contributed by atoms with Crippen molar-refractivity contribution in [1.82, 2.24) is 10.2 Å². The third kappa shape index (κ3) is 3.60. The highest BCUT2D eigenvalue weighted by Gasteiger charge is 2.35. The topological polar surface area (TPSA) is 44.4 Å². The van der Waals surface area contributed by atoms with Crippen LogP contribution in [0.5, 0.6) is 0 Å². The quantitative estimate of drug-likeness (QED) is 0.891. The number of likely N-dealkylation sites (N-methyl/N-ethyl adjacent to an activating group) is 1. The zero-order valence-electron chi connectivity index (χ0n) is 12.3. The largest absolute Gasteiger partial charge is 0.325 e. The van der Waals surface area contributed by atoms with Gasteiger partial charge in [0.25, 0.3) is 0 Å². The highest BCUT2D eigenvalue weighted by molar-refractivity contribution is 5.92. The van der Waals surface area contributed by atoms with Gasteiger partial charge in [0, 0.05) is 23.8 Å². The molecule has 2 fully saturated rings. The van der Waals surface area contributed by atoms with Gasteiger partial charge in [-0.05, 0) is 50.9 Å². The van der Waals surface area contributed by atoms with Gasteiger partial charge in [0.15, 0.2) is 0 Å². The number of piperidine rings is 1. The molecule has 2 heterocycles. The summed E-state index contributed by atoms with van der Waals surface area (Å²) in [5.41, 5.74) is 0.513. The molecule has 5 heteroatoms. The SMILES string of the molecule is CN(CC(=O)Nc1cccc(F)c1)C1CC2CCC(C1)N2. The number of hydrogen-bond donors (Lipinski definition) is 2. The van der Waals surface area contributed by atoms with E-state index in [-0.39, 0.29) is 11.7 Å². The minimum absolute atomic E-state index is 0.0889. The van der Waals surface area contributed by atoms with Crippen molar-refractivity contribution in [3.05, 3.63) is 30.1 Å². The second kappa shape index (κ2) is 6.12. The molecule has 2 aliphatic heterocycles. The van der Waals surface area contributed by atoms with E-state index in [1.54, 1.807) is 12.1 Å². The van der Waals surface area contributed by atoms with Crippen molar-refractivity contribution in [2.24, 2.45) is 0 Å². The summed E-state index contributed by atoms with van der Waals surface area (Å²) in [5, 5.41) is 6.36. The second-order valence-corrected chi connectivity index (χ2v) is 6.24. The molecule has 1 amide bonds. The second-order valence-electron chi connectivity index (χ2n) is 6.24. The van der Waals surface area contributed by atoms with Crippen LogP contribution in [0.1, 0.15) is 25.7 Å². The van der Waals surface area contributed by atoms with Gasteiger partial charge >= 0.3 is 0 Å². The van der Waals surface area contributed by atoms with Crippen LogP contribution >= 0.6 is 0 Å². The number of rotatable bonds is 4. The van der Waals surface area contributed by atoms with Crippen molar-refractivity contribution in [3.8, 4) is 0 Å². The summed E-state index contributed by atoms with van der Waals surface area (Å²) in [5.74, 6) is -0.426. The Morgan fingerprint density at radius 1 is 1.38 bits per heavy atom. The monoisotopic (exact) mass is 291 g/mol. The van der Waals surface area contributed by atoms with Crippen LogP contribution < -0.4 is 10.6 Å². The molecule has 2 N–H and O–H groups in total. The molecule has 2 aliphatic rings. The number of benzene rings is 1. The Morgan fingerprint density at radius 2 is 2.10 bits per heavy atom. The van der Waals surface area contributed by atoms with Crippen LogP contribution in [0.3, 0.4) is 0 Å². The fraction of sp³-hybridized carbons (Fsp3) is 0.562. The molecule has 0 aliphatic carbocycles. The maximum absolute atomic E-state index is 13.1. The van der Waals surface area contributed by atoms with Crippen LogP contribution in [0, 0.1) is 5.82 Å². The van der Waals surface area contributed by atoms with Crippen molar-refractivity contribution in [3.63, 3.8) is 0 Å². The van der Waals surface area contributed by atoms with E-state index in [1.807, 2.05) is 7.05 Å². The fourth-order valence-electron chi connectivity index (χ4n) is 3.51. The van der Waals surface area contributed by atoms with Gasteiger partial charge in [0.2, 0.25) is 5.91 Å². The van der Waals surface area contributed by atoms with Crippen LogP contribution in [-0.4, -0.2) is 42.5 Å². The first-order valence-corrected chi connectivity index (χ1v) is 7.62. The van der Waals surface area contributed by atoms with Crippen LogP contribution in [0.15, 0.2) is 24.3 Å². The smallest absolute Gasteiger partial charge is 0.238 e. The number of amides is 1. The summed E-state index contributed by atoms with van der Waals surface area (Å²) in [4.78, 5) is 14.2. The molecule has 0 spiro atoms. The lowest BCUT2D eigenvalue weighted by Crippen LogP contribution is -2.48. The van der Waals surface area contributed by atoms with Gasteiger partial charge in [-0.3, -0.25) is 9.69 Å². The molecular formula is C16H22FN3O. The van der Waals surface area contributed by atoms with Gasteiger partial charge in [0.1, 0.15) is 5.82 Å². The average Bonchev–Trinajstić information content (AvgIpc) is 2.77. The molecule has 0 aromatic heterocycles. The van der Waals surface area contributed by atoms with Crippen LogP contribution in [0.2, 0.25) is 0 Å². The summed E-state index contributed by atoms with van der Waals surface area (Å²) in [7, 11) is 2.00. The maximum atomic E-state index is 13.1. The molecule has 3 rings (SSSR count). The predicted octanol–water partition coefficient (Wildman–Crippen LogP) is 1.98. The Hall–Kier alpha value is -1.46. The molecule has 2 saturated heterocycles. The number of halogens is 1. The first kappa shape index (κ1) is 14.5. The lowest BCUT2D eigenvalue weighted by molar-refractivity contribution is -0.117. The minimum Gasteiger partial charge on any atom is -0.325 e. The Morgan fingerprint density at radius 3 is 2.76 bits per heavy atom. The average molecular weight is 291 g/mol. The van der Waals surface area contributed by atoms with Crippen LogP contribution in [0.4, 0.5) is 10.1 Å². The van der Waals surface area contributed by atoms with Gasteiger partial charge in [-0.15, -0.1) is 0 Å². The zero-order chi connectivity index (χ0) is 14.8. The summed E-state index contributed by atoms with van der Waals surface area (Å²) < 4.78 is 13.1. The van der Waals surface area contributed by atoms with E-state index in [4.69, 9.17) is 0 Å². The van der Waals surface area contributed by atoms with E-state index < -0.39 is 0 Å². The highest BCUT2D eigenvalue weighted by Crippen LogP contribution is 2.29. The van der Waals surface area contributed by atoms with Crippen molar-refractivity contribution >= 4 is 11.6 Å². The molecule has 114 valence electrons. The van der Waals surface area contributed by atoms with E-state index in [0.717, 1.165) is 12.8 Å². The number of anilines is 1. The van der Waals surface area contributed by atoms with E-state index in [1.165, 1.54) is 25.0 Å². The Balaban J connectivity index is 1.52. The lowest BCUT2D eigenvalue weighted by Gasteiger charge is -2.35. The van der Waals surface area contributed by atoms with Crippen LogP contribution in [0.25, 0.3) is 0 Å². The Labute approximate surface area is 124 Å². The first-order valence-electron chi connectivity index (χ1n) is 7.62. The molecule has 0 saturated carbocycles. The van der Waals surface area contributed by atoms with E-state index >= 15 is 0 Å².